The largest absolute Gasteiger partial charge is 0.352 e. The molecule has 0 unspecified atom stereocenters. The summed E-state index contributed by atoms with van der Waals surface area (Å²) in [5.41, 5.74) is 1.88. The summed E-state index contributed by atoms with van der Waals surface area (Å²) in [5, 5.41) is 6.58. The van der Waals surface area contributed by atoms with Crippen molar-refractivity contribution in [2.45, 2.75) is 13.8 Å². The molecular weight excluding hydrogens is 328 g/mol. The van der Waals surface area contributed by atoms with Crippen LogP contribution in [-0.2, 0) is 0 Å². The van der Waals surface area contributed by atoms with Crippen molar-refractivity contribution >= 4 is 28.4 Å². The van der Waals surface area contributed by atoms with Gasteiger partial charge in [-0.1, -0.05) is 32.0 Å². The maximum absolute atomic E-state index is 12.6. The second kappa shape index (κ2) is 7.74. The quantitative estimate of drug-likeness (QED) is 0.741. The number of hydrogen-bond acceptors (Lipinski definition) is 4. The highest BCUT2D eigenvalue weighted by atomic mass is 16.2. The van der Waals surface area contributed by atoms with E-state index in [1.807, 2.05) is 38.1 Å². The zero-order valence-corrected chi connectivity index (χ0v) is 14.7. The van der Waals surface area contributed by atoms with Gasteiger partial charge in [-0.05, 0) is 30.2 Å². The molecule has 3 rings (SSSR count). The number of nitrogens with zero attached hydrogens (tertiary/aromatic N) is 2. The number of carbonyl (C=O) groups excluding carboxylic acids is 2. The number of pyridine rings is 2. The van der Waals surface area contributed by atoms with Crippen molar-refractivity contribution < 1.29 is 9.59 Å². The van der Waals surface area contributed by atoms with Gasteiger partial charge in [0.25, 0.3) is 11.8 Å². The number of para-hydroxylation sites is 1. The summed E-state index contributed by atoms with van der Waals surface area (Å²) < 4.78 is 0. The molecule has 26 heavy (non-hydrogen) atoms. The third kappa shape index (κ3) is 4.03. The number of benzene rings is 1. The first kappa shape index (κ1) is 17.5. The highest BCUT2D eigenvalue weighted by molar-refractivity contribution is 6.08. The van der Waals surface area contributed by atoms with Gasteiger partial charge >= 0.3 is 0 Å². The minimum atomic E-state index is -0.387. The summed E-state index contributed by atoms with van der Waals surface area (Å²) in [7, 11) is 0. The predicted molar refractivity (Wildman–Crippen MR) is 101 cm³/mol. The topological polar surface area (TPSA) is 84.0 Å². The molecule has 0 fully saturated rings. The van der Waals surface area contributed by atoms with Gasteiger partial charge in [-0.25, -0.2) is 0 Å². The molecule has 2 N–H and O–H groups in total. The molecule has 2 aromatic heterocycles. The summed E-state index contributed by atoms with van der Waals surface area (Å²) in [4.78, 5) is 33.1. The molecule has 0 aliphatic heterocycles. The van der Waals surface area contributed by atoms with Crippen LogP contribution in [0.3, 0.4) is 0 Å². The lowest BCUT2D eigenvalue weighted by Crippen LogP contribution is -2.27. The van der Waals surface area contributed by atoms with Crippen molar-refractivity contribution in [1.82, 2.24) is 15.3 Å². The first-order valence-corrected chi connectivity index (χ1v) is 8.44. The average Bonchev–Trinajstić information content (AvgIpc) is 2.66. The van der Waals surface area contributed by atoms with Gasteiger partial charge in [0, 0.05) is 29.9 Å². The molecule has 2 heterocycles. The lowest BCUT2D eigenvalue weighted by Gasteiger charge is -2.09. The average molecular weight is 348 g/mol. The number of nitrogens with one attached hydrogen (secondary N) is 2. The SMILES string of the molecule is CC(C)CNC(=O)c1ccnc(C(=O)Nc2cccc3cccnc23)c1. The monoisotopic (exact) mass is 348 g/mol. The van der Waals surface area contributed by atoms with E-state index in [1.165, 1.54) is 12.3 Å². The molecule has 6 nitrogen and oxygen atoms in total. The maximum atomic E-state index is 12.6. The zero-order valence-electron chi connectivity index (χ0n) is 14.7. The summed E-state index contributed by atoms with van der Waals surface area (Å²) in [6, 6.07) is 12.4. The lowest BCUT2D eigenvalue weighted by atomic mass is 10.1. The number of anilines is 1. The maximum Gasteiger partial charge on any atom is 0.274 e. The van der Waals surface area contributed by atoms with Crippen LogP contribution in [0.2, 0.25) is 0 Å². The van der Waals surface area contributed by atoms with Crippen LogP contribution in [0.15, 0.2) is 54.9 Å². The fourth-order valence-electron chi connectivity index (χ4n) is 2.49. The van der Waals surface area contributed by atoms with Crippen molar-refractivity contribution in [1.29, 1.82) is 0 Å². The Morgan fingerprint density at radius 2 is 1.81 bits per heavy atom. The summed E-state index contributed by atoms with van der Waals surface area (Å²) in [6.07, 6.45) is 3.14. The van der Waals surface area contributed by atoms with E-state index in [0.717, 1.165) is 5.39 Å². The van der Waals surface area contributed by atoms with Crippen LogP contribution >= 0.6 is 0 Å². The zero-order chi connectivity index (χ0) is 18.5. The Bertz CT molecular complexity index is 948. The van der Waals surface area contributed by atoms with Crippen LogP contribution in [0.25, 0.3) is 10.9 Å². The number of amides is 2. The molecule has 0 bridgehead atoms. The normalized spacial score (nSPS) is 10.7. The van der Waals surface area contributed by atoms with Crippen molar-refractivity contribution in [3.05, 3.63) is 66.1 Å². The van der Waals surface area contributed by atoms with Gasteiger partial charge in [0.05, 0.1) is 11.2 Å². The number of carbonyl (C=O) groups is 2. The summed E-state index contributed by atoms with van der Waals surface area (Å²) in [5.74, 6) is -0.258. The van der Waals surface area contributed by atoms with Crippen molar-refractivity contribution in [3.63, 3.8) is 0 Å². The van der Waals surface area contributed by atoms with Gasteiger partial charge in [-0.2, -0.15) is 0 Å². The fourth-order valence-corrected chi connectivity index (χ4v) is 2.49. The van der Waals surface area contributed by atoms with E-state index in [0.29, 0.717) is 29.2 Å². The molecule has 2 amide bonds. The van der Waals surface area contributed by atoms with E-state index in [4.69, 9.17) is 0 Å². The van der Waals surface area contributed by atoms with Gasteiger partial charge in [0.1, 0.15) is 5.69 Å². The number of aromatic nitrogens is 2. The molecule has 3 aromatic rings. The van der Waals surface area contributed by atoms with Crippen LogP contribution in [0.1, 0.15) is 34.7 Å². The Labute approximate surface area is 151 Å². The van der Waals surface area contributed by atoms with Crippen LogP contribution in [-0.4, -0.2) is 28.3 Å². The van der Waals surface area contributed by atoms with E-state index >= 15 is 0 Å². The lowest BCUT2D eigenvalue weighted by molar-refractivity contribution is 0.0949. The van der Waals surface area contributed by atoms with E-state index in [-0.39, 0.29) is 17.5 Å². The van der Waals surface area contributed by atoms with Gasteiger partial charge in [0.15, 0.2) is 0 Å². The smallest absolute Gasteiger partial charge is 0.274 e. The second-order valence-electron chi connectivity index (χ2n) is 6.37. The third-order valence-electron chi connectivity index (χ3n) is 3.81. The van der Waals surface area contributed by atoms with Crippen molar-refractivity contribution in [2.75, 3.05) is 11.9 Å². The van der Waals surface area contributed by atoms with Gasteiger partial charge in [-0.15, -0.1) is 0 Å². The Balaban J connectivity index is 1.80. The van der Waals surface area contributed by atoms with Gasteiger partial charge < -0.3 is 10.6 Å². The van der Waals surface area contributed by atoms with E-state index in [1.54, 1.807) is 18.3 Å². The predicted octanol–water partition coefficient (Wildman–Crippen LogP) is 3.27. The fraction of sp³-hybridized carbons (Fsp3) is 0.200. The second-order valence-corrected chi connectivity index (χ2v) is 6.37. The van der Waals surface area contributed by atoms with Gasteiger partial charge in [0.2, 0.25) is 0 Å². The highest BCUT2D eigenvalue weighted by Crippen LogP contribution is 2.21. The summed E-state index contributed by atoms with van der Waals surface area (Å²) >= 11 is 0. The van der Waals surface area contributed by atoms with E-state index < -0.39 is 0 Å². The molecule has 1 aromatic carbocycles. The van der Waals surface area contributed by atoms with Gasteiger partial charge in [-0.3, -0.25) is 19.6 Å². The van der Waals surface area contributed by atoms with Crippen LogP contribution < -0.4 is 10.6 Å². The standard InChI is InChI=1S/C20H20N4O2/c1-13(2)12-23-19(25)15-8-10-21-17(11-15)20(26)24-16-7-3-5-14-6-4-9-22-18(14)16/h3-11,13H,12H2,1-2H3,(H,23,25)(H,24,26). The van der Waals surface area contributed by atoms with E-state index in [9.17, 15) is 9.59 Å². The summed E-state index contributed by atoms with van der Waals surface area (Å²) in [6.45, 7) is 4.61. The molecule has 0 atom stereocenters. The van der Waals surface area contributed by atoms with E-state index in [2.05, 4.69) is 20.6 Å². The molecule has 0 radical (unpaired) electrons. The number of hydrogen-bond donors (Lipinski definition) is 2. The first-order chi connectivity index (χ1) is 12.5. The molecule has 0 aliphatic rings. The Hall–Kier alpha value is -3.28. The van der Waals surface area contributed by atoms with Crippen LogP contribution in [0, 0.1) is 5.92 Å². The molecule has 6 heteroatoms. The molecule has 0 spiro atoms. The molecule has 0 saturated heterocycles. The number of rotatable bonds is 5. The third-order valence-corrected chi connectivity index (χ3v) is 3.81. The minimum Gasteiger partial charge on any atom is -0.352 e. The molecule has 132 valence electrons. The Morgan fingerprint density at radius 1 is 1.00 bits per heavy atom. The Kier molecular flexibility index (Phi) is 5.22. The highest BCUT2D eigenvalue weighted by Gasteiger charge is 2.13. The molecular formula is C20H20N4O2. The van der Waals surface area contributed by atoms with Crippen LogP contribution in [0.5, 0.6) is 0 Å². The van der Waals surface area contributed by atoms with Crippen molar-refractivity contribution in [3.8, 4) is 0 Å². The first-order valence-electron chi connectivity index (χ1n) is 8.44. The van der Waals surface area contributed by atoms with Crippen LogP contribution in [0.4, 0.5) is 5.69 Å². The van der Waals surface area contributed by atoms with Crippen molar-refractivity contribution in [2.24, 2.45) is 5.92 Å². The molecule has 0 saturated carbocycles. The Morgan fingerprint density at radius 3 is 2.62 bits per heavy atom. The minimum absolute atomic E-state index is 0.176. The number of fused-ring (bicyclic) bond motifs is 1. The molecule has 0 aliphatic carbocycles.